The van der Waals surface area contributed by atoms with Gasteiger partial charge in [-0.15, -0.1) is 11.3 Å². The Morgan fingerprint density at radius 1 is 1.25 bits per heavy atom. The van der Waals surface area contributed by atoms with E-state index in [4.69, 9.17) is 5.11 Å². The minimum atomic E-state index is -0.0772. The minimum absolute atomic E-state index is 0.0408. The molecule has 2 atom stereocenters. The van der Waals surface area contributed by atoms with Crippen LogP contribution in [0.2, 0.25) is 0 Å². The van der Waals surface area contributed by atoms with Gasteiger partial charge in [-0.3, -0.25) is 4.79 Å². The number of thiophene rings is 1. The molecule has 0 spiro atoms. The highest BCUT2D eigenvalue weighted by Gasteiger charge is 2.19. The molecular formula is C16H19NO2S. The second kappa shape index (κ2) is 6.68. The summed E-state index contributed by atoms with van der Waals surface area (Å²) >= 11 is 1.44. The molecule has 4 heteroatoms. The Kier molecular flexibility index (Phi) is 4.93. The zero-order valence-corrected chi connectivity index (χ0v) is 12.5. The van der Waals surface area contributed by atoms with E-state index in [9.17, 15) is 4.79 Å². The van der Waals surface area contributed by atoms with Crippen molar-refractivity contribution in [3.63, 3.8) is 0 Å². The van der Waals surface area contributed by atoms with E-state index in [0.29, 0.717) is 4.88 Å². The first-order chi connectivity index (χ1) is 9.63. The van der Waals surface area contributed by atoms with Crippen LogP contribution in [0, 0.1) is 5.92 Å². The van der Waals surface area contributed by atoms with Crippen molar-refractivity contribution < 1.29 is 9.90 Å². The zero-order valence-electron chi connectivity index (χ0n) is 11.7. The van der Waals surface area contributed by atoms with Crippen LogP contribution in [-0.2, 0) is 0 Å². The highest BCUT2D eigenvalue weighted by Crippen LogP contribution is 2.28. The lowest BCUT2D eigenvalue weighted by atomic mass is 10.0. The van der Waals surface area contributed by atoms with Crippen LogP contribution >= 0.6 is 11.3 Å². The van der Waals surface area contributed by atoms with Gasteiger partial charge in [0.15, 0.2) is 0 Å². The Labute approximate surface area is 123 Å². The third-order valence-electron chi connectivity index (χ3n) is 3.46. The molecule has 106 valence electrons. The van der Waals surface area contributed by atoms with E-state index in [1.807, 2.05) is 55.6 Å². The Balaban J connectivity index is 2.18. The Hall–Kier alpha value is -1.65. The van der Waals surface area contributed by atoms with Crippen LogP contribution < -0.4 is 5.32 Å². The first-order valence-corrected chi connectivity index (χ1v) is 7.56. The number of hydrogen-bond donors (Lipinski definition) is 2. The van der Waals surface area contributed by atoms with Crippen LogP contribution in [0.25, 0.3) is 11.1 Å². The number of amides is 1. The van der Waals surface area contributed by atoms with Gasteiger partial charge in [-0.05, 0) is 29.9 Å². The van der Waals surface area contributed by atoms with Crippen molar-refractivity contribution in [3.8, 4) is 11.1 Å². The van der Waals surface area contributed by atoms with E-state index in [-0.39, 0.29) is 24.5 Å². The summed E-state index contributed by atoms with van der Waals surface area (Å²) in [4.78, 5) is 13.1. The highest BCUT2D eigenvalue weighted by atomic mass is 32.1. The molecule has 2 aromatic rings. The number of nitrogens with one attached hydrogen (secondary N) is 1. The summed E-state index contributed by atoms with van der Waals surface area (Å²) in [7, 11) is 0. The third-order valence-corrected chi connectivity index (χ3v) is 4.37. The highest BCUT2D eigenvalue weighted by molar-refractivity contribution is 7.12. The smallest absolute Gasteiger partial charge is 0.262 e. The van der Waals surface area contributed by atoms with Crippen LogP contribution in [0.15, 0.2) is 41.8 Å². The van der Waals surface area contributed by atoms with Crippen molar-refractivity contribution >= 4 is 17.2 Å². The molecule has 1 aromatic heterocycles. The number of carbonyl (C=O) groups is 1. The zero-order chi connectivity index (χ0) is 14.5. The van der Waals surface area contributed by atoms with Crippen molar-refractivity contribution in [2.24, 2.45) is 5.92 Å². The summed E-state index contributed by atoms with van der Waals surface area (Å²) < 4.78 is 0. The molecule has 0 aliphatic rings. The van der Waals surface area contributed by atoms with Crippen LogP contribution in [0.1, 0.15) is 23.5 Å². The molecule has 0 saturated heterocycles. The van der Waals surface area contributed by atoms with E-state index < -0.39 is 0 Å². The summed E-state index contributed by atoms with van der Waals surface area (Å²) in [6.45, 7) is 3.89. The maximum absolute atomic E-state index is 12.3. The van der Waals surface area contributed by atoms with Crippen LogP contribution in [0.5, 0.6) is 0 Å². The fourth-order valence-corrected chi connectivity index (χ4v) is 2.72. The molecular weight excluding hydrogens is 270 g/mol. The van der Waals surface area contributed by atoms with Crippen molar-refractivity contribution in [2.75, 3.05) is 6.61 Å². The van der Waals surface area contributed by atoms with E-state index in [1.165, 1.54) is 11.3 Å². The number of carbonyl (C=O) groups excluding carboxylic acids is 1. The van der Waals surface area contributed by atoms with Gasteiger partial charge in [0.05, 0.1) is 4.88 Å². The van der Waals surface area contributed by atoms with E-state index in [2.05, 4.69) is 5.32 Å². The number of aliphatic hydroxyl groups is 1. The number of hydrogen-bond acceptors (Lipinski definition) is 3. The molecule has 2 unspecified atom stereocenters. The number of rotatable bonds is 5. The van der Waals surface area contributed by atoms with Crippen LogP contribution in [0.4, 0.5) is 0 Å². The fourth-order valence-electron chi connectivity index (χ4n) is 1.90. The molecule has 0 radical (unpaired) electrons. The first kappa shape index (κ1) is 14.8. The summed E-state index contributed by atoms with van der Waals surface area (Å²) in [5.41, 5.74) is 2.00. The SMILES string of the molecule is CC(CO)C(C)NC(=O)c1sccc1-c1ccccc1. The Bertz CT molecular complexity index is 565. The van der Waals surface area contributed by atoms with Gasteiger partial charge >= 0.3 is 0 Å². The normalized spacial score (nSPS) is 13.8. The molecule has 1 heterocycles. The molecule has 0 bridgehead atoms. The van der Waals surface area contributed by atoms with Crippen molar-refractivity contribution in [1.29, 1.82) is 0 Å². The fraction of sp³-hybridized carbons (Fsp3) is 0.312. The first-order valence-electron chi connectivity index (χ1n) is 6.68. The Morgan fingerprint density at radius 2 is 1.95 bits per heavy atom. The second-order valence-corrected chi connectivity index (χ2v) is 5.87. The molecule has 20 heavy (non-hydrogen) atoms. The lowest BCUT2D eigenvalue weighted by Gasteiger charge is -2.19. The summed E-state index contributed by atoms with van der Waals surface area (Å²) in [6, 6.07) is 11.8. The molecule has 0 fully saturated rings. The monoisotopic (exact) mass is 289 g/mol. The van der Waals surface area contributed by atoms with Gasteiger partial charge in [0.2, 0.25) is 0 Å². The molecule has 1 aromatic carbocycles. The standard InChI is InChI=1S/C16H19NO2S/c1-11(10-18)12(2)17-16(19)15-14(8-9-20-15)13-6-4-3-5-7-13/h3-9,11-12,18H,10H2,1-2H3,(H,17,19). The van der Waals surface area contributed by atoms with Gasteiger partial charge in [0.1, 0.15) is 0 Å². The summed E-state index contributed by atoms with van der Waals surface area (Å²) in [5, 5.41) is 14.0. The second-order valence-electron chi connectivity index (χ2n) is 4.95. The van der Waals surface area contributed by atoms with Crippen molar-refractivity contribution in [1.82, 2.24) is 5.32 Å². The van der Waals surface area contributed by atoms with Gasteiger partial charge in [-0.2, -0.15) is 0 Å². The number of aliphatic hydroxyl groups excluding tert-OH is 1. The maximum Gasteiger partial charge on any atom is 0.262 e. The van der Waals surface area contributed by atoms with Crippen molar-refractivity contribution in [2.45, 2.75) is 19.9 Å². The van der Waals surface area contributed by atoms with E-state index >= 15 is 0 Å². The molecule has 2 N–H and O–H groups in total. The van der Waals surface area contributed by atoms with E-state index in [1.54, 1.807) is 0 Å². The molecule has 0 aliphatic carbocycles. The summed E-state index contributed by atoms with van der Waals surface area (Å²) in [6.07, 6.45) is 0. The minimum Gasteiger partial charge on any atom is -0.396 e. The van der Waals surface area contributed by atoms with Gasteiger partial charge in [-0.1, -0.05) is 37.3 Å². The average molecular weight is 289 g/mol. The predicted molar refractivity (Wildman–Crippen MR) is 82.9 cm³/mol. The van der Waals surface area contributed by atoms with Crippen LogP contribution in [0.3, 0.4) is 0 Å². The lowest BCUT2D eigenvalue weighted by Crippen LogP contribution is -2.38. The maximum atomic E-state index is 12.3. The van der Waals surface area contributed by atoms with Gasteiger partial charge in [0.25, 0.3) is 5.91 Å². The van der Waals surface area contributed by atoms with E-state index in [0.717, 1.165) is 11.1 Å². The largest absolute Gasteiger partial charge is 0.396 e. The predicted octanol–water partition coefficient (Wildman–Crippen LogP) is 3.16. The molecule has 0 saturated carbocycles. The number of benzene rings is 1. The molecule has 2 rings (SSSR count). The quantitative estimate of drug-likeness (QED) is 0.888. The summed E-state index contributed by atoms with van der Waals surface area (Å²) in [5.74, 6) is -0.0364. The molecule has 1 amide bonds. The average Bonchev–Trinajstić information content (AvgIpc) is 2.96. The Morgan fingerprint density at radius 3 is 2.60 bits per heavy atom. The molecule has 0 aliphatic heterocycles. The third kappa shape index (κ3) is 3.26. The van der Waals surface area contributed by atoms with Gasteiger partial charge in [-0.25, -0.2) is 0 Å². The van der Waals surface area contributed by atoms with Crippen LogP contribution in [-0.4, -0.2) is 23.7 Å². The van der Waals surface area contributed by atoms with Gasteiger partial charge in [0, 0.05) is 18.2 Å². The van der Waals surface area contributed by atoms with Crippen molar-refractivity contribution in [3.05, 3.63) is 46.7 Å². The topological polar surface area (TPSA) is 49.3 Å². The molecule has 3 nitrogen and oxygen atoms in total. The van der Waals surface area contributed by atoms with Gasteiger partial charge < -0.3 is 10.4 Å². The lowest BCUT2D eigenvalue weighted by molar-refractivity contribution is 0.0921.